The number of amides is 1. The molecule has 6 nitrogen and oxygen atoms in total. The first-order chi connectivity index (χ1) is 12.6. The molecule has 26 heavy (non-hydrogen) atoms. The molecule has 0 aliphatic carbocycles. The second-order valence-corrected chi connectivity index (χ2v) is 6.68. The molecule has 0 saturated carbocycles. The van der Waals surface area contributed by atoms with Crippen LogP contribution < -0.4 is 10.5 Å². The lowest BCUT2D eigenvalue weighted by molar-refractivity contribution is -0.118. The first kappa shape index (κ1) is 18.0. The summed E-state index contributed by atoms with van der Waals surface area (Å²) in [6.45, 7) is 0. The molecule has 1 amide bonds. The Morgan fingerprint density at radius 2 is 1.85 bits per heavy atom. The van der Waals surface area contributed by atoms with Crippen LogP contribution in [0.3, 0.4) is 0 Å². The molecule has 1 aromatic heterocycles. The second kappa shape index (κ2) is 8.53. The Balaban J connectivity index is 1.68. The zero-order valence-electron chi connectivity index (χ0n) is 14.5. The van der Waals surface area contributed by atoms with Gasteiger partial charge in [-0.05, 0) is 18.2 Å². The van der Waals surface area contributed by atoms with Gasteiger partial charge in [-0.2, -0.15) is 0 Å². The van der Waals surface area contributed by atoms with Gasteiger partial charge in [0.1, 0.15) is 17.3 Å². The predicted molar refractivity (Wildman–Crippen MR) is 101 cm³/mol. The normalized spacial score (nSPS) is 10.7. The van der Waals surface area contributed by atoms with Crippen molar-refractivity contribution >= 4 is 17.7 Å². The highest BCUT2D eigenvalue weighted by molar-refractivity contribution is 7.98. The van der Waals surface area contributed by atoms with Crippen molar-refractivity contribution in [2.75, 3.05) is 0 Å². The standard InChI is InChI=1S/C19H20N4O2S/c1-23-18(12-11-17(20)24)21-22-19(23)26-13-14-7-5-6-10-16(14)25-15-8-3-2-4-9-15/h2-10H,11-13H2,1H3,(H2,20,24). The van der Waals surface area contributed by atoms with E-state index in [9.17, 15) is 4.79 Å². The van der Waals surface area contributed by atoms with Crippen LogP contribution >= 0.6 is 11.8 Å². The van der Waals surface area contributed by atoms with Crippen LogP contribution in [-0.4, -0.2) is 20.7 Å². The van der Waals surface area contributed by atoms with Crippen molar-refractivity contribution < 1.29 is 9.53 Å². The number of benzene rings is 2. The number of para-hydroxylation sites is 2. The lowest BCUT2D eigenvalue weighted by atomic mass is 10.2. The maximum Gasteiger partial charge on any atom is 0.217 e. The molecule has 0 spiro atoms. The summed E-state index contributed by atoms with van der Waals surface area (Å²) >= 11 is 1.57. The largest absolute Gasteiger partial charge is 0.457 e. The van der Waals surface area contributed by atoms with Crippen molar-refractivity contribution in [3.63, 3.8) is 0 Å². The third kappa shape index (κ3) is 4.64. The molecule has 0 bridgehead atoms. The number of carbonyl (C=O) groups excluding carboxylic acids is 1. The molecule has 0 aliphatic heterocycles. The van der Waals surface area contributed by atoms with E-state index in [2.05, 4.69) is 10.2 Å². The van der Waals surface area contributed by atoms with E-state index < -0.39 is 0 Å². The van der Waals surface area contributed by atoms with Crippen molar-refractivity contribution in [2.24, 2.45) is 12.8 Å². The molecule has 3 rings (SSSR count). The van der Waals surface area contributed by atoms with Gasteiger partial charge in [0, 0.05) is 31.2 Å². The summed E-state index contributed by atoms with van der Waals surface area (Å²) in [5.41, 5.74) is 6.27. The van der Waals surface area contributed by atoms with Gasteiger partial charge in [0.05, 0.1) is 0 Å². The van der Waals surface area contributed by atoms with Gasteiger partial charge < -0.3 is 15.0 Å². The minimum Gasteiger partial charge on any atom is -0.457 e. The maximum atomic E-state index is 10.9. The average molecular weight is 368 g/mol. The van der Waals surface area contributed by atoms with Gasteiger partial charge in [-0.3, -0.25) is 4.79 Å². The lowest BCUT2D eigenvalue weighted by Crippen LogP contribution is -2.12. The van der Waals surface area contributed by atoms with Crippen LogP contribution in [0.4, 0.5) is 0 Å². The summed E-state index contributed by atoms with van der Waals surface area (Å²) in [6.07, 6.45) is 0.761. The van der Waals surface area contributed by atoms with Gasteiger partial charge in [-0.1, -0.05) is 48.2 Å². The summed E-state index contributed by atoms with van der Waals surface area (Å²) < 4.78 is 7.89. The van der Waals surface area contributed by atoms with E-state index >= 15 is 0 Å². The number of rotatable bonds is 8. The summed E-state index contributed by atoms with van der Waals surface area (Å²) in [5, 5.41) is 9.14. The van der Waals surface area contributed by atoms with Crippen LogP contribution in [0, 0.1) is 0 Å². The highest BCUT2D eigenvalue weighted by atomic mass is 32.2. The van der Waals surface area contributed by atoms with Gasteiger partial charge in [0.25, 0.3) is 0 Å². The number of carbonyl (C=O) groups is 1. The molecule has 2 aromatic carbocycles. The van der Waals surface area contributed by atoms with E-state index in [0.717, 1.165) is 28.0 Å². The minimum absolute atomic E-state index is 0.268. The Kier molecular flexibility index (Phi) is 5.91. The van der Waals surface area contributed by atoms with Gasteiger partial charge >= 0.3 is 0 Å². The summed E-state index contributed by atoms with van der Waals surface area (Å²) in [4.78, 5) is 10.9. The second-order valence-electron chi connectivity index (χ2n) is 5.74. The minimum atomic E-state index is -0.339. The zero-order valence-corrected chi connectivity index (χ0v) is 15.3. The lowest BCUT2D eigenvalue weighted by Gasteiger charge is -2.10. The molecule has 134 valence electrons. The van der Waals surface area contributed by atoms with E-state index in [1.54, 1.807) is 11.8 Å². The fraction of sp³-hybridized carbons (Fsp3) is 0.211. The van der Waals surface area contributed by atoms with Crippen LogP contribution in [0.1, 0.15) is 17.8 Å². The first-order valence-corrected chi connectivity index (χ1v) is 9.22. The molecule has 0 fully saturated rings. The molecular formula is C19H20N4O2S. The summed E-state index contributed by atoms with van der Waals surface area (Å²) in [7, 11) is 1.89. The maximum absolute atomic E-state index is 10.9. The SMILES string of the molecule is Cn1c(CCC(N)=O)nnc1SCc1ccccc1Oc1ccccc1. The highest BCUT2D eigenvalue weighted by Gasteiger charge is 2.12. The number of primary amides is 1. The Bertz CT molecular complexity index is 880. The van der Waals surface area contributed by atoms with Crippen molar-refractivity contribution in [3.05, 3.63) is 66.0 Å². The Morgan fingerprint density at radius 1 is 1.12 bits per heavy atom. The number of aryl methyl sites for hydroxylation is 1. The van der Waals surface area contributed by atoms with E-state index in [1.165, 1.54) is 0 Å². The molecule has 0 aliphatic rings. The highest BCUT2D eigenvalue weighted by Crippen LogP contribution is 2.30. The third-order valence-corrected chi connectivity index (χ3v) is 4.89. The van der Waals surface area contributed by atoms with Gasteiger partial charge in [0.15, 0.2) is 5.16 Å². The van der Waals surface area contributed by atoms with Gasteiger partial charge in [-0.15, -0.1) is 10.2 Å². The fourth-order valence-electron chi connectivity index (χ4n) is 2.40. The Hall–Kier alpha value is -2.80. The van der Waals surface area contributed by atoms with Crippen LogP contribution in [0.5, 0.6) is 11.5 Å². The van der Waals surface area contributed by atoms with Gasteiger partial charge in [0.2, 0.25) is 5.91 Å². The number of nitrogens with zero attached hydrogens (tertiary/aromatic N) is 3. The Labute approximate surface area is 156 Å². The number of hydrogen-bond acceptors (Lipinski definition) is 5. The summed E-state index contributed by atoms with van der Waals surface area (Å²) in [6, 6.07) is 17.6. The van der Waals surface area contributed by atoms with Crippen LogP contribution in [0.2, 0.25) is 0 Å². The van der Waals surface area contributed by atoms with Crippen LogP contribution in [0.15, 0.2) is 59.8 Å². The van der Waals surface area contributed by atoms with Crippen molar-refractivity contribution in [3.8, 4) is 11.5 Å². The smallest absolute Gasteiger partial charge is 0.217 e. The van der Waals surface area contributed by atoms with Crippen LogP contribution in [0.25, 0.3) is 0 Å². The molecule has 0 unspecified atom stereocenters. The van der Waals surface area contributed by atoms with Crippen molar-refractivity contribution in [2.45, 2.75) is 23.8 Å². The predicted octanol–water partition coefficient (Wildman–Crippen LogP) is 3.32. The molecule has 1 heterocycles. The first-order valence-electron chi connectivity index (χ1n) is 8.23. The topological polar surface area (TPSA) is 83.0 Å². The molecule has 2 N–H and O–H groups in total. The van der Waals surface area contributed by atoms with E-state index in [0.29, 0.717) is 12.2 Å². The van der Waals surface area contributed by atoms with E-state index in [1.807, 2.05) is 66.2 Å². The monoisotopic (exact) mass is 368 g/mol. The van der Waals surface area contributed by atoms with Gasteiger partial charge in [-0.25, -0.2) is 0 Å². The molecule has 0 atom stereocenters. The number of thioether (sulfide) groups is 1. The Morgan fingerprint density at radius 3 is 2.62 bits per heavy atom. The quantitative estimate of drug-likeness (QED) is 0.617. The number of aromatic nitrogens is 3. The molecular weight excluding hydrogens is 348 g/mol. The number of hydrogen-bond donors (Lipinski definition) is 1. The van der Waals surface area contributed by atoms with Crippen molar-refractivity contribution in [1.82, 2.24) is 14.8 Å². The molecule has 3 aromatic rings. The third-order valence-electron chi connectivity index (χ3n) is 3.82. The van der Waals surface area contributed by atoms with E-state index in [-0.39, 0.29) is 12.3 Å². The fourth-order valence-corrected chi connectivity index (χ4v) is 3.32. The van der Waals surface area contributed by atoms with Crippen molar-refractivity contribution in [1.29, 1.82) is 0 Å². The van der Waals surface area contributed by atoms with Crippen LogP contribution in [-0.2, 0) is 24.0 Å². The number of ether oxygens (including phenoxy) is 1. The zero-order chi connectivity index (χ0) is 18.4. The molecule has 7 heteroatoms. The average Bonchev–Trinajstić information content (AvgIpc) is 3.00. The molecule has 0 saturated heterocycles. The van der Waals surface area contributed by atoms with E-state index in [4.69, 9.17) is 10.5 Å². The molecule has 0 radical (unpaired) electrons. The number of nitrogens with two attached hydrogens (primary N) is 1. The summed E-state index contributed by atoms with van der Waals surface area (Å²) in [5.74, 6) is 2.74.